The Labute approximate surface area is 184 Å². The third-order valence-electron chi connectivity index (χ3n) is 3.47. The molecular weight excluding hydrogens is 491 g/mol. The van der Waals surface area contributed by atoms with Crippen LogP contribution in [0.5, 0.6) is 5.75 Å². The van der Waals surface area contributed by atoms with Crippen molar-refractivity contribution in [1.29, 1.82) is 0 Å². The van der Waals surface area contributed by atoms with Gasteiger partial charge in [-0.3, -0.25) is 4.72 Å². The number of sulfonamides is 1. The number of hydrogen-bond donors (Lipinski definition) is 3. The Morgan fingerprint density at radius 2 is 1.71 bits per heavy atom. The summed E-state index contributed by atoms with van der Waals surface area (Å²) in [5, 5.41) is 6.37. The van der Waals surface area contributed by atoms with E-state index in [-0.39, 0.29) is 24.0 Å². The highest BCUT2D eigenvalue weighted by atomic mass is 127. The molecule has 0 heterocycles. The van der Waals surface area contributed by atoms with E-state index < -0.39 is 10.0 Å². The van der Waals surface area contributed by atoms with E-state index in [1.165, 1.54) is 0 Å². The zero-order chi connectivity index (χ0) is 19.5. The van der Waals surface area contributed by atoms with Gasteiger partial charge in [-0.15, -0.1) is 24.0 Å². The molecule has 0 aliphatic carbocycles. The van der Waals surface area contributed by atoms with Crippen molar-refractivity contribution >= 4 is 45.6 Å². The van der Waals surface area contributed by atoms with Gasteiger partial charge < -0.3 is 15.4 Å². The van der Waals surface area contributed by atoms with Crippen LogP contribution in [-0.4, -0.2) is 40.3 Å². The van der Waals surface area contributed by atoms with Crippen molar-refractivity contribution < 1.29 is 13.2 Å². The maximum absolute atomic E-state index is 11.5. The molecule has 0 spiro atoms. The Kier molecular flexibility index (Phi) is 10.7. The molecule has 2 rings (SSSR count). The summed E-state index contributed by atoms with van der Waals surface area (Å²) in [5.74, 6) is 1.46. The lowest BCUT2D eigenvalue weighted by Gasteiger charge is -2.13. The van der Waals surface area contributed by atoms with E-state index in [4.69, 9.17) is 4.74 Å². The molecule has 0 aliphatic heterocycles. The molecule has 0 amide bonds. The van der Waals surface area contributed by atoms with Crippen LogP contribution in [0.4, 0.5) is 5.69 Å². The molecule has 28 heavy (non-hydrogen) atoms. The topological polar surface area (TPSA) is 91.8 Å². The predicted molar refractivity (Wildman–Crippen MR) is 125 cm³/mol. The third kappa shape index (κ3) is 9.27. The number of anilines is 1. The molecule has 9 heteroatoms. The molecule has 3 N–H and O–H groups in total. The Morgan fingerprint density at radius 3 is 2.39 bits per heavy atom. The average molecular weight is 518 g/mol. The number of ether oxygens (including phenoxy) is 1. The van der Waals surface area contributed by atoms with Crippen molar-refractivity contribution in [1.82, 2.24) is 10.6 Å². The lowest BCUT2D eigenvalue weighted by Crippen LogP contribution is -2.39. The summed E-state index contributed by atoms with van der Waals surface area (Å²) in [7, 11) is -3.34. The molecule has 0 bridgehead atoms. The summed E-state index contributed by atoms with van der Waals surface area (Å²) in [6.07, 6.45) is 1.13. The quantitative estimate of drug-likeness (QED) is 0.206. The number of halogens is 1. The standard InChI is InChI=1S/C19H26N4O3S.HI/c1-3-20-19(21-13-14-26-17-10-5-4-6-11-17)22-15-16-9-7-8-12-18(16)23-27(2,24)25;/h4-12,23H,3,13-15H2,1-2H3,(H2,20,21,22);1H. The number of benzene rings is 2. The van der Waals surface area contributed by atoms with Crippen molar-refractivity contribution in [3.05, 3.63) is 60.2 Å². The maximum Gasteiger partial charge on any atom is 0.229 e. The maximum atomic E-state index is 11.5. The second kappa shape index (κ2) is 12.4. The van der Waals surface area contributed by atoms with Gasteiger partial charge in [0.15, 0.2) is 5.96 Å². The molecule has 0 aliphatic rings. The van der Waals surface area contributed by atoms with E-state index in [1.54, 1.807) is 12.1 Å². The first-order valence-electron chi connectivity index (χ1n) is 8.73. The normalized spacial score (nSPS) is 11.3. The fourth-order valence-electron chi connectivity index (χ4n) is 2.32. The average Bonchev–Trinajstić information content (AvgIpc) is 2.64. The van der Waals surface area contributed by atoms with Crippen molar-refractivity contribution in [3.8, 4) is 5.75 Å². The number of guanidine groups is 1. The SMILES string of the molecule is CCNC(=NCc1ccccc1NS(C)(=O)=O)NCCOc1ccccc1.I. The molecule has 7 nitrogen and oxygen atoms in total. The Bertz CT molecular complexity index is 845. The lowest BCUT2D eigenvalue weighted by atomic mass is 10.2. The number of para-hydroxylation sites is 2. The van der Waals surface area contributed by atoms with Crippen LogP contribution in [0, 0.1) is 0 Å². The van der Waals surface area contributed by atoms with E-state index >= 15 is 0 Å². The largest absolute Gasteiger partial charge is 0.492 e. The number of nitrogens with zero attached hydrogens (tertiary/aromatic N) is 1. The Balaban J connectivity index is 0.00000392. The molecule has 2 aromatic rings. The van der Waals surface area contributed by atoms with E-state index in [2.05, 4.69) is 20.3 Å². The second-order valence-corrected chi connectivity index (χ2v) is 7.56. The van der Waals surface area contributed by atoms with Gasteiger partial charge in [0, 0.05) is 6.54 Å². The zero-order valence-corrected chi connectivity index (χ0v) is 19.2. The van der Waals surface area contributed by atoms with Crippen molar-refractivity contribution in [2.24, 2.45) is 4.99 Å². The van der Waals surface area contributed by atoms with Gasteiger partial charge in [0.25, 0.3) is 0 Å². The third-order valence-corrected chi connectivity index (χ3v) is 4.06. The van der Waals surface area contributed by atoms with Gasteiger partial charge in [-0.05, 0) is 30.7 Å². The number of hydrogen-bond acceptors (Lipinski definition) is 4. The highest BCUT2D eigenvalue weighted by molar-refractivity contribution is 14.0. The molecule has 0 aromatic heterocycles. The Morgan fingerprint density at radius 1 is 1.04 bits per heavy atom. The van der Waals surface area contributed by atoms with Crippen molar-refractivity contribution in [3.63, 3.8) is 0 Å². The summed E-state index contributed by atoms with van der Waals surface area (Å²) >= 11 is 0. The van der Waals surface area contributed by atoms with Crippen LogP contribution >= 0.6 is 24.0 Å². The van der Waals surface area contributed by atoms with Gasteiger partial charge in [0.05, 0.1) is 25.0 Å². The predicted octanol–water partition coefficient (Wildman–Crippen LogP) is 2.81. The van der Waals surface area contributed by atoms with Crippen molar-refractivity contribution in [2.45, 2.75) is 13.5 Å². The molecule has 0 fully saturated rings. The minimum atomic E-state index is -3.34. The highest BCUT2D eigenvalue weighted by Crippen LogP contribution is 2.17. The van der Waals surface area contributed by atoms with Crippen LogP contribution in [0.2, 0.25) is 0 Å². The van der Waals surface area contributed by atoms with Crippen LogP contribution in [0.25, 0.3) is 0 Å². The smallest absolute Gasteiger partial charge is 0.229 e. The van der Waals surface area contributed by atoms with Gasteiger partial charge in [-0.1, -0.05) is 36.4 Å². The minimum absolute atomic E-state index is 0. The first kappa shape index (κ1) is 24.0. The second-order valence-electron chi connectivity index (χ2n) is 5.81. The lowest BCUT2D eigenvalue weighted by molar-refractivity contribution is 0.322. The van der Waals surface area contributed by atoms with Crippen LogP contribution in [0.15, 0.2) is 59.6 Å². The van der Waals surface area contributed by atoms with E-state index in [1.807, 2.05) is 49.4 Å². The molecular formula is C19H27IN4O3S. The molecule has 0 saturated heterocycles. The zero-order valence-electron chi connectivity index (χ0n) is 16.0. The first-order valence-corrected chi connectivity index (χ1v) is 10.6. The summed E-state index contributed by atoms with van der Waals surface area (Å²) in [5.41, 5.74) is 1.33. The van der Waals surface area contributed by atoms with Gasteiger partial charge >= 0.3 is 0 Å². The van der Waals surface area contributed by atoms with E-state index in [0.717, 1.165) is 17.6 Å². The molecule has 0 radical (unpaired) electrons. The fraction of sp³-hybridized carbons (Fsp3) is 0.316. The van der Waals surface area contributed by atoms with Crippen LogP contribution in [0.1, 0.15) is 12.5 Å². The van der Waals surface area contributed by atoms with Gasteiger partial charge in [-0.2, -0.15) is 0 Å². The van der Waals surface area contributed by atoms with Crippen LogP contribution in [-0.2, 0) is 16.6 Å². The van der Waals surface area contributed by atoms with Crippen molar-refractivity contribution in [2.75, 3.05) is 30.7 Å². The summed E-state index contributed by atoms with van der Waals surface area (Å²) in [6.45, 7) is 4.13. The fourth-order valence-corrected chi connectivity index (χ4v) is 2.92. The first-order chi connectivity index (χ1) is 13.0. The van der Waals surface area contributed by atoms with Gasteiger partial charge in [0.2, 0.25) is 10.0 Å². The van der Waals surface area contributed by atoms with Crippen LogP contribution in [0.3, 0.4) is 0 Å². The molecule has 0 saturated carbocycles. The molecule has 0 atom stereocenters. The number of nitrogens with one attached hydrogen (secondary N) is 3. The van der Waals surface area contributed by atoms with Crippen LogP contribution < -0.4 is 20.1 Å². The number of aliphatic imine (C=N–C) groups is 1. The Hall–Kier alpha value is -2.01. The van der Waals surface area contributed by atoms with Gasteiger partial charge in [0.1, 0.15) is 12.4 Å². The molecule has 154 valence electrons. The summed E-state index contributed by atoms with van der Waals surface area (Å²) in [4.78, 5) is 4.52. The monoisotopic (exact) mass is 518 g/mol. The van der Waals surface area contributed by atoms with E-state index in [0.29, 0.717) is 37.9 Å². The highest BCUT2D eigenvalue weighted by Gasteiger charge is 2.07. The minimum Gasteiger partial charge on any atom is -0.492 e. The molecule has 2 aromatic carbocycles. The van der Waals surface area contributed by atoms with E-state index in [9.17, 15) is 8.42 Å². The number of rotatable bonds is 9. The summed E-state index contributed by atoms with van der Waals surface area (Å²) in [6, 6.07) is 16.8. The molecule has 0 unspecified atom stereocenters. The summed E-state index contributed by atoms with van der Waals surface area (Å²) < 4.78 is 31.2. The van der Waals surface area contributed by atoms with Gasteiger partial charge in [-0.25, -0.2) is 13.4 Å².